The average Bonchev–Trinajstić information content (AvgIpc) is 2.73. The minimum Gasteiger partial charge on any atom is -0.478 e. The quantitative estimate of drug-likeness (QED) is 0.875. The number of aromatic carboxylic acids is 1. The number of carboxylic acids is 1. The van der Waals surface area contributed by atoms with E-state index in [1.165, 1.54) is 11.3 Å². The average molecular weight is 279 g/mol. The van der Waals surface area contributed by atoms with Crippen LogP contribution in [0, 0.1) is 6.92 Å². The molecule has 19 heavy (non-hydrogen) atoms. The van der Waals surface area contributed by atoms with E-state index in [9.17, 15) is 4.79 Å². The first-order valence-corrected chi connectivity index (χ1v) is 6.48. The van der Waals surface area contributed by atoms with E-state index in [-0.39, 0.29) is 5.69 Å². The van der Waals surface area contributed by atoms with Crippen molar-refractivity contribution in [3.63, 3.8) is 0 Å². The van der Waals surface area contributed by atoms with E-state index in [1.54, 1.807) is 25.3 Å². The van der Waals surface area contributed by atoms with Gasteiger partial charge >= 0.3 is 5.97 Å². The number of rotatable bonds is 5. The van der Waals surface area contributed by atoms with Crippen LogP contribution in [-0.4, -0.2) is 27.7 Å². The van der Waals surface area contributed by atoms with Crippen molar-refractivity contribution in [2.45, 2.75) is 13.8 Å². The molecule has 6 nitrogen and oxygen atoms in total. The molecule has 0 aromatic carbocycles. The van der Waals surface area contributed by atoms with Crippen molar-refractivity contribution < 1.29 is 14.6 Å². The van der Waals surface area contributed by atoms with E-state index >= 15 is 0 Å². The molecular formula is C12H13N3O3S. The summed E-state index contributed by atoms with van der Waals surface area (Å²) < 4.78 is 5.24. The van der Waals surface area contributed by atoms with Crippen molar-refractivity contribution in [3.8, 4) is 5.88 Å². The fraction of sp³-hybridized carbons (Fsp3) is 0.250. The highest BCUT2D eigenvalue weighted by Gasteiger charge is 2.14. The first-order valence-electron chi connectivity index (χ1n) is 5.66. The largest absolute Gasteiger partial charge is 0.478 e. The second kappa shape index (κ2) is 5.66. The van der Waals surface area contributed by atoms with Crippen molar-refractivity contribution in [2.75, 3.05) is 11.9 Å². The number of thiazole rings is 1. The maximum Gasteiger partial charge on any atom is 0.355 e. The zero-order valence-electron chi connectivity index (χ0n) is 10.5. The molecule has 0 bridgehead atoms. The van der Waals surface area contributed by atoms with E-state index < -0.39 is 5.97 Å². The van der Waals surface area contributed by atoms with Crippen LogP contribution in [0.1, 0.15) is 22.3 Å². The summed E-state index contributed by atoms with van der Waals surface area (Å²) in [5, 5.41) is 12.5. The minimum absolute atomic E-state index is 0.0754. The summed E-state index contributed by atoms with van der Waals surface area (Å²) in [6, 6.07) is 3.54. The summed E-state index contributed by atoms with van der Waals surface area (Å²) in [5.74, 6) is -0.471. The SMILES string of the molecule is CCOc1ccc(Nc2nc(C(=O)O)c(C)s2)cn1. The summed E-state index contributed by atoms with van der Waals surface area (Å²) in [6.45, 7) is 4.18. The first-order chi connectivity index (χ1) is 9.10. The van der Waals surface area contributed by atoms with Gasteiger partial charge in [0.25, 0.3) is 0 Å². The third kappa shape index (κ3) is 3.19. The number of aryl methyl sites for hydroxylation is 1. The van der Waals surface area contributed by atoms with Gasteiger partial charge in [-0.3, -0.25) is 0 Å². The molecule has 0 aliphatic carbocycles. The smallest absolute Gasteiger partial charge is 0.355 e. The van der Waals surface area contributed by atoms with Crippen LogP contribution in [0.5, 0.6) is 5.88 Å². The normalized spacial score (nSPS) is 10.2. The molecule has 0 amide bonds. The highest BCUT2D eigenvalue weighted by molar-refractivity contribution is 7.15. The molecule has 0 spiro atoms. The van der Waals surface area contributed by atoms with Gasteiger partial charge in [0.05, 0.1) is 18.5 Å². The third-order valence-corrected chi connectivity index (χ3v) is 3.17. The van der Waals surface area contributed by atoms with E-state index in [4.69, 9.17) is 9.84 Å². The molecule has 2 aromatic rings. The maximum atomic E-state index is 10.9. The number of aromatic nitrogens is 2. The number of nitrogens with zero attached hydrogens (tertiary/aromatic N) is 2. The Morgan fingerprint density at radius 2 is 2.32 bits per heavy atom. The monoisotopic (exact) mass is 279 g/mol. The van der Waals surface area contributed by atoms with Crippen LogP contribution in [0.2, 0.25) is 0 Å². The van der Waals surface area contributed by atoms with Gasteiger partial charge in [-0.1, -0.05) is 0 Å². The second-order valence-corrected chi connectivity index (χ2v) is 4.88. The van der Waals surface area contributed by atoms with Gasteiger partial charge in [0.1, 0.15) is 0 Å². The highest BCUT2D eigenvalue weighted by atomic mass is 32.1. The summed E-state index contributed by atoms with van der Waals surface area (Å²) in [7, 11) is 0. The molecule has 0 unspecified atom stereocenters. The lowest BCUT2D eigenvalue weighted by Gasteiger charge is -2.04. The van der Waals surface area contributed by atoms with Gasteiger partial charge in [0.2, 0.25) is 5.88 Å². The summed E-state index contributed by atoms with van der Waals surface area (Å²) in [4.78, 5) is 19.7. The number of anilines is 2. The fourth-order valence-electron chi connectivity index (χ4n) is 1.46. The Labute approximate surface area is 114 Å². The molecule has 0 radical (unpaired) electrons. The Balaban J connectivity index is 2.12. The number of carboxylic acid groups (broad SMARTS) is 1. The number of hydrogen-bond donors (Lipinski definition) is 2. The molecule has 7 heteroatoms. The maximum absolute atomic E-state index is 10.9. The van der Waals surface area contributed by atoms with Crippen LogP contribution in [0.3, 0.4) is 0 Å². The molecule has 0 fully saturated rings. The van der Waals surface area contributed by atoms with Crippen molar-refractivity contribution in [2.24, 2.45) is 0 Å². The van der Waals surface area contributed by atoms with Gasteiger partial charge in [-0.15, -0.1) is 11.3 Å². The van der Waals surface area contributed by atoms with Gasteiger partial charge < -0.3 is 15.2 Å². The van der Waals surface area contributed by atoms with Crippen molar-refractivity contribution in [1.82, 2.24) is 9.97 Å². The first kappa shape index (κ1) is 13.3. The second-order valence-electron chi connectivity index (χ2n) is 3.67. The zero-order chi connectivity index (χ0) is 13.8. The molecule has 0 saturated heterocycles. The molecule has 2 N–H and O–H groups in total. The van der Waals surface area contributed by atoms with Gasteiger partial charge in [0, 0.05) is 10.9 Å². The van der Waals surface area contributed by atoms with Crippen molar-refractivity contribution in [3.05, 3.63) is 28.9 Å². The van der Waals surface area contributed by atoms with Gasteiger partial charge in [-0.2, -0.15) is 0 Å². The third-order valence-electron chi connectivity index (χ3n) is 2.28. The van der Waals surface area contributed by atoms with Gasteiger partial charge in [0.15, 0.2) is 10.8 Å². The van der Waals surface area contributed by atoms with Gasteiger partial charge in [-0.05, 0) is 19.9 Å². The number of hydrogen-bond acceptors (Lipinski definition) is 6. The molecule has 2 aromatic heterocycles. The number of nitrogens with one attached hydrogen (secondary N) is 1. The Bertz CT molecular complexity index is 580. The van der Waals surface area contributed by atoms with E-state index in [2.05, 4.69) is 15.3 Å². The standard InChI is InChI=1S/C12H13N3O3S/c1-3-18-9-5-4-8(6-13-9)14-12-15-10(11(16)17)7(2)19-12/h4-6H,3H2,1-2H3,(H,14,15)(H,16,17). The van der Waals surface area contributed by atoms with Crippen LogP contribution in [0.4, 0.5) is 10.8 Å². The number of ether oxygens (including phenoxy) is 1. The van der Waals surface area contributed by atoms with Crippen LogP contribution in [0.25, 0.3) is 0 Å². The molecule has 2 rings (SSSR count). The predicted molar refractivity (Wildman–Crippen MR) is 72.5 cm³/mol. The topological polar surface area (TPSA) is 84.3 Å². The van der Waals surface area contributed by atoms with Crippen LogP contribution in [-0.2, 0) is 0 Å². The summed E-state index contributed by atoms with van der Waals surface area (Å²) in [5.41, 5.74) is 0.806. The lowest BCUT2D eigenvalue weighted by molar-refractivity contribution is 0.0690. The van der Waals surface area contributed by atoms with Crippen LogP contribution in [0.15, 0.2) is 18.3 Å². The van der Waals surface area contributed by atoms with E-state index in [1.807, 2.05) is 6.92 Å². The zero-order valence-corrected chi connectivity index (χ0v) is 11.3. The Hall–Kier alpha value is -2.15. The molecule has 0 aliphatic heterocycles. The Morgan fingerprint density at radius 3 is 2.84 bits per heavy atom. The minimum atomic E-state index is -1.02. The predicted octanol–water partition coefficient (Wildman–Crippen LogP) is 2.69. The lowest BCUT2D eigenvalue weighted by Crippen LogP contribution is -1.99. The number of carbonyl (C=O) groups is 1. The van der Waals surface area contributed by atoms with Crippen molar-refractivity contribution in [1.29, 1.82) is 0 Å². The molecular weight excluding hydrogens is 266 g/mol. The van der Waals surface area contributed by atoms with Crippen LogP contribution < -0.4 is 10.1 Å². The molecule has 0 saturated carbocycles. The van der Waals surface area contributed by atoms with Crippen LogP contribution >= 0.6 is 11.3 Å². The van der Waals surface area contributed by atoms with E-state index in [0.29, 0.717) is 22.5 Å². The Kier molecular flexibility index (Phi) is 3.96. The highest BCUT2D eigenvalue weighted by Crippen LogP contribution is 2.25. The molecule has 100 valence electrons. The molecule has 0 atom stereocenters. The molecule has 0 aliphatic rings. The van der Waals surface area contributed by atoms with E-state index in [0.717, 1.165) is 5.69 Å². The summed E-state index contributed by atoms with van der Waals surface area (Å²) in [6.07, 6.45) is 1.61. The molecule has 2 heterocycles. The fourth-order valence-corrected chi connectivity index (χ4v) is 2.28. The summed E-state index contributed by atoms with van der Waals surface area (Å²) >= 11 is 1.29. The number of pyridine rings is 1. The lowest BCUT2D eigenvalue weighted by atomic mass is 10.4. The van der Waals surface area contributed by atoms with Crippen molar-refractivity contribution >= 4 is 28.1 Å². The van der Waals surface area contributed by atoms with Gasteiger partial charge in [-0.25, -0.2) is 14.8 Å². The Morgan fingerprint density at radius 1 is 1.53 bits per heavy atom.